The minimum Gasteiger partial charge on any atom is -0.368 e. The van der Waals surface area contributed by atoms with Crippen LogP contribution < -0.4 is 9.80 Å². The molecule has 3 nitrogen and oxygen atoms in total. The highest BCUT2D eigenvalue weighted by atomic mass is 35.5. The van der Waals surface area contributed by atoms with E-state index in [1.807, 2.05) is 13.1 Å². The van der Waals surface area contributed by atoms with Crippen molar-refractivity contribution >= 4 is 23.0 Å². The molecule has 0 N–H and O–H groups in total. The molecular formula is C16H18ClN3. The summed E-state index contributed by atoms with van der Waals surface area (Å²) in [5.74, 6) is 0. The van der Waals surface area contributed by atoms with Crippen molar-refractivity contribution < 1.29 is 0 Å². The molecule has 0 bridgehead atoms. The fraction of sp³-hybridized carbons (Fsp3) is 0.312. The van der Waals surface area contributed by atoms with Gasteiger partial charge in [-0.05, 0) is 30.7 Å². The van der Waals surface area contributed by atoms with E-state index in [1.54, 1.807) is 0 Å². The zero-order valence-corrected chi connectivity index (χ0v) is 12.3. The van der Waals surface area contributed by atoms with Gasteiger partial charge in [0.2, 0.25) is 0 Å². The molecule has 20 heavy (non-hydrogen) atoms. The Labute approximate surface area is 124 Å². The third-order valence-electron chi connectivity index (χ3n) is 3.77. The molecule has 0 saturated carbocycles. The molecule has 1 saturated heterocycles. The first-order chi connectivity index (χ1) is 9.74. The summed E-state index contributed by atoms with van der Waals surface area (Å²) in [6.45, 7) is 6.09. The van der Waals surface area contributed by atoms with Gasteiger partial charge in [0.15, 0.2) is 0 Å². The smallest absolute Gasteiger partial charge is 0.132 e. The summed E-state index contributed by atoms with van der Waals surface area (Å²) in [5.41, 5.74) is 3.51. The number of benzene rings is 1. The van der Waals surface area contributed by atoms with Crippen LogP contribution in [0.3, 0.4) is 0 Å². The number of aromatic nitrogens is 1. The quantitative estimate of drug-likeness (QED) is 0.790. The Morgan fingerprint density at radius 1 is 0.950 bits per heavy atom. The highest BCUT2D eigenvalue weighted by Crippen LogP contribution is 2.22. The molecule has 0 aliphatic carbocycles. The topological polar surface area (TPSA) is 19.4 Å². The van der Waals surface area contributed by atoms with Gasteiger partial charge in [0.1, 0.15) is 5.15 Å². The lowest BCUT2D eigenvalue weighted by atomic mass is 10.2. The minimum atomic E-state index is 0.594. The first-order valence-corrected chi connectivity index (χ1v) is 7.29. The number of hydrogen-bond donors (Lipinski definition) is 0. The molecule has 0 atom stereocenters. The van der Waals surface area contributed by atoms with Crippen LogP contribution >= 0.6 is 11.6 Å². The van der Waals surface area contributed by atoms with Gasteiger partial charge in [-0.1, -0.05) is 29.8 Å². The molecule has 2 heterocycles. The molecule has 0 radical (unpaired) electrons. The monoisotopic (exact) mass is 287 g/mol. The van der Waals surface area contributed by atoms with E-state index in [9.17, 15) is 0 Å². The maximum absolute atomic E-state index is 5.98. The van der Waals surface area contributed by atoms with Gasteiger partial charge in [0, 0.05) is 31.9 Å². The average Bonchev–Trinajstić information content (AvgIpc) is 2.51. The first-order valence-electron chi connectivity index (χ1n) is 6.91. The van der Waals surface area contributed by atoms with Crippen molar-refractivity contribution in [2.75, 3.05) is 36.0 Å². The number of piperazine rings is 1. The van der Waals surface area contributed by atoms with Crippen molar-refractivity contribution in [1.82, 2.24) is 4.98 Å². The fourth-order valence-electron chi connectivity index (χ4n) is 2.58. The number of pyridine rings is 1. The van der Waals surface area contributed by atoms with E-state index in [0.717, 1.165) is 31.7 Å². The Morgan fingerprint density at radius 3 is 2.15 bits per heavy atom. The number of halogens is 1. The van der Waals surface area contributed by atoms with Crippen molar-refractivity contribution in [2.45, 2.75) is 6.92 Å². The largest absolute Gasteiger partial charge is 0.368 e. The zero-order chi connectivity index (χ0) is 13.9. The molecule has 0 unspecified atom stereocenters. The first kappa shape index (κ1) is 13.3. The SMILES string of the molecule is Cc1cc(N2CCN(c3ccccc3)CC2)cnc1Cl. The van der Waals surface area contributed by atoms with Crippen LogP contribution in [-0.2, 0) is 0 Å². The van der Waals surface area contributed by atoms with Gasteiger partial charge in [-0.2, -0.15) is 0 Å². The zero-order valence-electron chi connectivity index (χ0n) is 11.6. The molecule has 0 amide bonds. The molecule has 1 aromatic heterocycles. The van der Waals surface area contributed by atoms with Gasteiger partial charge in [-0.25, -0.2) is 4.98 Å². The Balaban J connectivity index is 1.68. The summed E-state index contributed by atoms with van der Waals surface area (Å²) < 4.78 is 0. The second-order valence-corrected chi connectivity index (χ2v) is 5.47. The lowest BCUT2D eigenvalue weighted by molar-refractivity contribution is 0.652. The number of nitrogens with zero attached hydrogens (tertiary/aromatic N) is 3. The maximum atomic E-state index is 5.98. The van der Waals surface area contributed by atoms with E-state index in [4.69, 9.17) is 11.6 Å². The van der Waals surface area contributed by atoms with Crippen LogP contribution in [0, 0.1) is 6.92 Å². The number of aryl methyl sites for hydroxylation is 1. The van der Waals surface area contributed by atoms with Crippen molar-refractivity contribution in [3.8, 4) is 0 Å². The lowest BCUT2D eigenvalue weighted by Crippen LogP contribution is -2.46. The summed E-state index contributed by atoms with van der Waals surface area (Å²) in [7, 11) is 0. The van der Waals surface area contributed by atoms with Crippen molar-refractivity contribution in [3.05, 3.63) is 53.3 Å². The third-order valence-corrected chi connectivity index (χ3v) is 4.16. The van der Waals surface area contributed by atoms with Gasteiger partial charge in [0.05, 0.1) is 11.9 Å². The van der Waals surface area contributed by atoms with Crippen LogP contribution in [-0.4, -0.2) is 31.2 Å². The highest BCUT2D eigenvalue weighted by molar-refractivity contribution is 6.30. The van der Waals surface area contributed by atoms with Gasteiger partial charge >= 0.3 is 0 Å². The number of rotatable bonds is 2. The molecule has 0 spiro atoms. The minimum absolute atomic E-state index is 0.594. The molecule has 2 aromatic rings. The van der Waals surface area contributed by atoms with Gasteiger partial charge in [-0.3, -0.25) is 0 Å². The van der Waals surface area contributed by atoms with Crippen molar-refractivity contribution in [1.29, 1.82) is 0 Å². The average molecular weight is 288 g/mol. The molecule has 1 aliphatic rings. The lowest BCUT2D eigenvalue weighted by Gasteiger charge is -2.37. The Hall–Kier alpha value is -1.74. The number of para-hydroxylation sites is 1. The third kappa shape index (κ3) is 2.73. The second-order valence-electron chi connectivity index (χ2n) is 5.11. The second kappa shape index (κ2) is 5.71. The molecule has 1 aromatic carbocycles. The molecule has 104 valence electrons. The van der Waals surface area contributed by atoms with Crippen LogP contribution in [0.5, 0.6) is 0 Å². The Bertz CT molecular complexity index is 578. The van der Waals surface area contributed by atoms with Crippen molar-refractivity contribution in [3.63, 3.8) is 0 Å². The van der Waals surface area contributed by atoms with E-state index >= 15 is 0 Å². The predicted molar refractivity (Wildman–Crippen MR) is 84.9 cm³/mol. The van der Waals surface area contributed by atoms with E-state index in [2.05, 4.69) is 51.2 Å². The van der Waals surface area contributed by atoms with Crippen molar-refractivity contribution in [2.24, 2.45) is 0 Å². The Kier molecular flexibility index (Phi) is 3.79. The van der Waals surface area contributed by atoms with Crippen LogP contribution in [0.2, 0.25) is 5.15 Å². The summed E-state index contributed by atoms with van der Waals surface area (Å²) >= 11 is 5.98. The van der Waals surface area contributed by atoms with Crippen LogP contribution in [0.4, 0.5) is 11.4 Å². The van der Waals surface area contributed by atoms with Crippen LogP contribution in [0.15, 0.2) is 42.6 Å². The van der Waals surface area contributed by atoms with E-state index in [-0.39, 0.29) is 0 Å². The summed E-state index contributed by atoms with van der Waals surface area (Å²) in [6.07, 6.45) is 1.87. The molecule has 4 heteroatoms. The van der Waals surface area contributed by atoms with Gasteiger partial charge in [-0.15, -0.1) is 0 Å². The van der Waals surface area contributed by atoms with E-state index in [1.165, 1.54) is 11.4 Å². The van der Waals surface area contributed by atoms with E-state index in [0.29, 0.717) is 5.15 Å². The predicted octanol–water partition coefficient (Wildman–Crippen LogP) is 3.37. The summed E-state index contributed by atoms with van der Waals surface area (Å²) in [5, 5.41) is 0.594. The van der Waals surface area contributed by atoms with Gasteiger partial charge < -0.3 is 9.80 Å². The molecular weight excluding hydrogens is 270 g/mol. The number of hydrogen-bond acceptors (Lipinski definition) is 3. The number of anilines is 2. The van der Waals surface area contributed by atoms with Gasteiger partial charge in [0.25, 0.3) is 0 Å². The van der Waals surface area contributed by atoms with Crippen LogP contribution in [0.1, 0.15) is 5.56 Å². The van der Waals surface area contributed by atoms with Crippen LogP contribution in [0.25, 0.3) is 0 Å². The highest BCUT2D eigenvalue weighted by Gasteiger charge is 2.17. The summed E-state index contributed by atoms with van der Waals surface area (Å²) in [6, 6.07) is 12.7. The molecule has 3 rings (SSSR count). The van der Waals surface area contributed by atoms with E-state index < -0.39 is 0 Å². The normalized spacial score (nSPS) is 15.5. The molecule has 1 fully saturated rings. The Morgan fingerprint density at radius 2 is 1.55 bits per heavy atom. The fourth-order valence-corrected chi connectivity index (χ4v) is 2.68. The molecule has 1 aliphatic heterocycles. The standard InChI is InChI=1S/C16H18ClN3/c1-13-11-15(12-18-16(13)17)20-9-7-19(8-10-20)14-5-3-2-4-6-14/h2-6,11-12H,7-10H2,1H3. The maximum Gasteiger partial charge on any atom is 0.132 e. The summed E-state index contributed by atoms with van der Waals surface area (Å²) in [4.78, 5) is 9.04.